The molecule has 0 radical (unpaired) electrons. The van der Waals surface area contributed by atoms with E-state index in [-0.39, 0.29) is 17.9 Å². The van der Waals surface area contributed by atoms with Gasteiger partial charge in [-0.2, -0.15) is 8.78 Å². The van der Waals surface area contributed by atoms with Crippen molar-refractivity contribution in [3.63, 3.8) is 0 Å². The molecule has 1 amide bonds. The number of alkyl halides is 2. The Kier molecular flexibility index (Phi) is 9.89. The number of carbonyl (C=O) groups is 2. The van der Waals surface area contributed by atoms with E-state index in [0.29, 0.717) is 46.0 Å². The smallest absolute Gasteiger partial charge is 0.411 e. The number of halogens is 4. The van der Waals surface area contributed by atoms with Gasteiger partial charge in [0.05, 0.1) is 6.61 Å². The van der Waals surface area contributed by atoms with Crippen molar-refractivity contribution >= 4 is 47.0 Å². The van der Waals surface area contributed by atoms with Crippen molar-refractivity contribution in [3.05, 3.63) is 51.8 Å². The normalized spacial score (nSPS) is 18.0. The number of hydrogen-bond donors (Lipinski definition) is 0. The van der Waals surface area contributed by atoms with Gasteiger partial charge in [-0.3, -0.25) is 4.90 Å². The number of esters is 1. The number of benzene rings is 1. The zero-order valence-corrected chi connectivity index (χ0v) is 24.6. The van der Waals surface area contributed by atoms with Gasteiger partial charge in [-0.25, -0.2) is 14.6 Å². The first-order chi connectivity index (χ1) is 18.9. The molecule has 0 unspecified atom stereocenters. The number of ether oxygens (including phenoxy) is 4. The van der Waals surface area contributed by atoms with E-state index < -0.39 is 35.8 Å². The maximum absolute atomic E-state index is 13.5. The average Bonchev–Trinajstić information content (AvgIpc) is 3.56. The number of aromatic nitrogens is 1. The maximum atomic E-state index is 13.5. The maximum Gasteiger partial charge on any atom is 0.411 e. The van der Waals surface area contributed by atoms with E-state index in [1.165, 1.54) is 34.9 Å². The summed E-state index contributed by atoms with van der Waals surface area (Å²) in [6.45, 7) is 2.85. The molecule has 4 rings (SSSR count). The highest BCUT2D eigenvalue weighted by Gasteiger charge is 2.40. The van der Waals surface area contributed by atoms with Crippen LogP contribution >= 0.6 is 35.0 Å². The van der Waals surface area contributed by atoms with E-state index in [9.17, 15) is 18.4 Å². The van der Waals surface area contributed by atoms with E-state index in [4.69, 9.17) is 37.4 Å². The van der Waals surface area contributed by atoms with Crippen molar-refractivity contribution in [2.45, 2.75) is 63.7 Å². The molecule has 2 heterocycles. The third kappa shape index (κ3) is 8.27. The third-order valence-corrected chi connectivity index (χ3v) is 7.95. The lowest BCUT2D eigenvalue weighted by Crippen LogP contribution is -2.43. The van der Waals surface area contributed by atoms with Crippen molar-refractivity contribution in [2.75, 3.05) is 18.9 Å². The quantitative estimate of drug-likeness (QED) is 0.287. The Morgan fingerprint density at radius 1 is 1.15 bits per heavy atom. The number of nitrogens with zero attached hydrogens (tertiary/aromatic N) is 1. The second-order valence-corrected chi connectivity index (χ2v) is 12.5. The predicted molar refractivity (Wildman–Crippen MR) is 146 cm³/mol. The number of rotatable bonds is 10. The first-order valence-corrected chi connectivity index (χ1v) is 14.6. The number of nitrogens with one attached hydrogen (secondary N) is 1. The number of hydrogen-bond acceptors (Lipinski definition) is 7. The SMILES string of the molecule is CC(C)(C)OC(=O)N1CCS[C@H]1C(=O)O[C@@H](Cc1c(Cl)c[nH+]cc1Cl)c1ccc(OC(F)F)c(OCC2CC2)c1. The molecule has 2 fully saturated rings. The van der Waals surface area contributed by atoms with Crippen molar-refractivity contribution in [3.8, 4) is 11.5 Å². The Balaban J connectivity index is 1.63. The summed E-state index contributed by atoms with van der Waals surface area (Å²) in [6.07, 6.45) is 3.59. The molecule has 1 aromatic carbocycles. The molecule has 40 heavy (non-hydrogen) atoms. The zero-order valence-electron chi connectivity index (χ0n) is 22.3. The van der Waals surface area contributed by atoms with Gasteiger partial charge in [0.2, 0.25) is 0 Å². The highest BCUT2D eigenvalue weighted by Crippen LogP contribution is 2.38. The highest BCUT2D eigenvalue weighted by molar-refractivity contribution is 8.00. The molecular weight excluding hydrogens is 589 g/mol. The largest absolute Gasteiger partial charge is 0.489 e. The van der Waals surface area contributed by atoms with Crippen LogP contribution in [0.1, 0.15) is 50.8 Å². The molecular formula is C27H31Cl2F2N2O6S+. The third-order valence-electron chi connectivity index (χ3n) is 6.09. The van der Waals surface area contributed by atoms with Gasteiger partial charge in [0.1, 0.15) is 21.8 Å². The summed E-state index contributed by atoms with van der Waals surface area (Å²) in [6, 6.07) is 4.39. The van der Waals surface area contributed by atoms with E-state index >= 15 is 0 Å². The average molecular weight is 621 g/mol. The fourth-order valence-electron chi connectivity index (χ4n) is 3.98. The van der Waals surface area contributed by atoms with Crippen molar-refractivity contribution in [1.82, 2.24) is 4.90 Å². The fraction of sp³-hybridized carbons (Fsp3) is 0.519. The summed E-state index contributed by atoms with van der Waals surface area (Å²) in [4.78, 5) is 30.4. The highest BCUT2D eigenvalue weighted by atomic mass is 35.5. The summed E-state index contributed by atoms with van der Waals surface area (Å²) < 4.78 is 48.1. The molecule has 8 nitrogen and oxygen atoms in total. The molecule has 1 aliphatic heterocycles. The molecule has 1 aromatic heterocycles. The van der Waals surface area contributed by atoms with E-state index in [1.54, 1.807) is 33.2 Å². The molecule has 1 saturated heterocycles. The minimum Gasteiger partial charge on any atom is -0.489 e. The predicted octanol–water partition coefficient (Wildman–Crippen LogP) is 6.33. The molecule has 2 aliphatic rings. The van der Waals surface area contributed by atoms with Gasteiger partial charge < -0.3 is 18.9 Å². The molecule has 2 atom stereocenters. The number of amides is 1. The molecule has 0 spiro atoms. The van der Waals surface area contributed by atoms with Crippen LogP contribution in [0.25, 0.3) is 0 Å². The summed E-state index contributed by atoms with van der Waals surface area (Å²) >= 11 is 14.1. The molecule has 218 valence electrons. The second kappa shape index (κ2) is 13.0. The number of thioether (sulfide) groups is 1. The van der Waals surface area contributed by atoms with Crippen LogP contribution in [-0.2, 0) is 20.7 Å². The van der Waals surface area contributed by atoms with Crippen LogP contribution in [0, 0.1) is 5.92 Å². The lowest BCUT2D eigenvalue weighted by Gasteiger charge is -2.28. The van der Waals surface area contributed by atoms with Crippen molar-refractivity contribution in [1.29, 1.82) is 0 Å². The van der Waals surface area contributed by atoms with Gasteiger partial charge in [-0.1, -0.05) is 29.3 Å². The fourth-order valence-corrected chi connectivity index (χ4v) is 5.60. The number of carbonyl (C=O) groups excluding carboxylic acids is 2. The Hall–Kier alpha value is -2.50. The summed E-state index contributed by atoms with van der Waals surface area (Å²) in [7, 11) is 0. The Bertz CT molecular complexity index is 1210. The molecule has 1 N–H and O–H groups in total. The van der Waals surface area contributed by atoms with E-state index in [0.717, 1.165) is 12.8 Å². The molecule has 1 aliphatic carbocycles. The van der Waals surface area contributed by atoms with Gasteiger partial charge in [-0.05, 0) is 57.2 Å². The molecule has 1 saturated carbocycles. The Labute approximate surface area is 245 Å². The Morgan fingerprint density at radius 3 is 2.48 bits per heavy atom. The number of H-pyrrole nitrogens is 1. The van der Waals surface area contributed by atoms with Crippen molar-refractivity contribution in [2.24, 2.45) is 5.92 Å². The molecule has 13 heteroatoms. The zero-order chi connectivity index (χ0) is 29.0. The van der Waals surface area contributed by atoms with Crippen LogP contribution in [0.4, 0.5) is 13.6 Å². The number of pyridine rings is 1. The van der Waals surface area contributed by atoms with E-state index in [1.807, 2.05) is 0 Å². The molecule has 2 aromatic rings. The molecule has 0 bridgehead atoms. The standard InChI is InChI=1S/C27H30Cl2F2N2O6S/c1-27(2,3)39-26(35)33-8-9-40-23(33)24(34)37-21(11-17-18(28)12-32-13-19(17)29)16-6-7-20(38-25(30)31)22(10-16)36-14-15-4-5-15/h6-7,10,12-13,15,21,23,25H,4-5,8-9,11,14H2,1-3H3/p+1/t21-,23-/m0/s1. The minimum absolute atomic E-state index is 0.0685. The minimum atomic E-state index is -3.04. The monoisotopic (exact) mass is 619 g/mol. The first kappa shape index (κ1) is 30.5. The summed E-state index contributed by atoms with van der Waals surface area (Å²) in [5.74, 6) is 0.191. The lowest BCUT2D eigenvalue weighted by atomic mass is 10.0. The van der Waals surface area contributed by atoms with Gasteiger partial charge in [0, 0.05) is 24.3 Å². The summed E-state index contributed by atoms with van der Waals surface area (Å²) in [5, 5.41) is -0.288. The Morgan fingerprint density at radius 2 is 1.85 bits per heavy atom. The number of aromatic amines is 1. The van der Waals surface area contributed by atoms with Crippen LogP contribution in [0.15, 0.2) is 30.6 Å². The van der Waals surface area contributed by atoms with Gasteiger partial charge in [-0.15, -0.1) is 11.8 Å². The summed E-state index contributed by atoms with van der Waals surface area (Å²) in [5.41, 5.74) is 0.224. The lowest BCUT2D eigenvalue weighted by molar-refractivity contribution is -0.377. The van der Waals surface area contributed by atoms with Crippen LogP contribution in [0.3, 0.4) is 0 Å². The van der Waals surface area contributed by atoms with Gasteiger partial charge in [0.15, 0.2) is 29.3 Å². The van der Waals surface area contributed by atoms with Crippen LogP contribution in [0.5, 0.6) is 11.5 Å². The topological polar surface area (TPSA) is 88.4 Å². The first-order valence-electron chi connectivity index (χ1n) is 12.8. The van der Waals surface area contributed by atoms with Crippen LogP contribution in [-0.4, -0.2) is 53.5 Å². The van der Waals surface area contributed by atoms with Crippen molar-refractivity contribution < 1.29 is 42.3 Å². The van der Waals surface area contributed by atoms with E-state index in [2.05, 4.69) is 9.72 Å². The van der Waals surface area contributed by atoms with Crippen LogP contribution < -0.4 is 14.5 Å². The second-order valence-electron chi connectivity index (χ2n) is 10.5. The van der Waals surface area contributed by atoms with Gasteiger partial charge >= 0.3 is 18.7 Å². The van der Waals surface area contributed by atoms with Gasteiger partial charge in [0.25, 0.3) is 0 Å². The van der Waals surface area contributed by atoms with Crippen LogP contribution in [0.2, 0.25) is 10.0 Å².